The normalized spacial score (nSPS) is 12.6. The Morgan fingerprint density at radius 3 is 1.26 bits per heavy atom. The third-order valence-corrected chi connectivity index (χ3v) is 18.8. The van der Waals surface area contributed by atoms with E-state index in [0.29, 0.717) is 0 Å². The SMILES string of the molecule is c1ccc2cc(-n3c4cc(-n5c6c7ccccc7sc6c6sc7ccccc7c65)ccc4c4c5ccccc5c(-n5c6c7ccccc7sc6c6sc7ccccc7c65)cc43)ccc2c1. The van der Waals surface area contributed by atoms with Crippen LogP contribution in [0.5, 0.6) is 0 Å². The van der Waals surface area contributed by atoms with Crippen molar-refractivity contribution in [2.45, 2.75) is 0 Å². The molecule has 302 valence electrons. The molecule has 3 nitrogen and oxygen atoms in total. The van der Waals surface area contributed by atoms with Crippen LogP contribution in [0.3, 0.4) is 0 Å². The van der Waals surface area contributed by atoms with E-state index in [2.05, 4.69) is 202 Å². The van der Waals surface area contributed by atoms with Gasteiger partial charge in [0.25, 0.3) is 0 Å². The van der Waals surface area contributed by atoms with Crippen LogP contribution in [0.2, 0.25) is 0 Å². The molecule has 0 spiro atoms. The summed E-state index contributed by atoms with van der Waals surface area (Å²) in [7, 11) is 0. The molecular weight excluding hydrogens is 867 g/mol. The molecule has 16 aromatic rings. The highest BCUT2D eigenvalue weighted by atomic mass is 32.1. The molecule has 7 heterocycles. The molecule has 7 aromatic heterocycles. The average molecular weight is 898 g/mol. The van der Waals surface area contributed by atoms with Crippen LogP contribution >= 0.6 is 45.3 Å². The lowest BCUT2D eigenvalue weighted by molar-refractivity contribution is 1.16. The van der Waals surface area contributed by atoms with Gasteiger partial charge >= 0.3 is 0 Å². The Balaban J connectivity index is 1.09. The van der Waals surface area contributed by atoms with Crippen molar-refractivity contribution in [1.29, 1.82) is 0 Å². The maximum Gasteiger partial charge on any atom is 0.0736 e. The van der Waals surface area contributed by atoms with Gasteiger partial charge in [0.2, 0.25) is 0 Å². The van der Waals surface area contributed by atoms with Crippen molar-refractivity contribution in [2.75, 3.05) is 0 Å². The molecule has 0 bridgehead atoms. The Morgan fingerprint density at radius 2 is 0.708 bits per heavy atom. The van der Waals surface area contributed by atoms with Crippen LogP contribution in [0.1, 0.15) is 0 Å². The number of hydrogen-bond acceptors (Lipinski definition) is 4. The van der Waals surface area contributed by atoms with Gasteiger partial charge in [0.05, 0.1) is 57.6 Å². The standard InChI is InChI=1S/C58H31N3S4/c1-2-14-33-29-34(26-25-32(33)13-1)59-43-30-35(60-51-39-17-5-9-21-46(39)62-55(51)56-52(60)40-18-6-10-22-47(40)63-56)27-28-38(43)50-37-16-4-3-15-36(37)44(31-45(50)59)61-53-41-19-7-11-23-48(41)64-57(53)58-54(61)42-20-8-12-24-49(42)65-58/h1-31H. The van der Waals surface area contributed by atoms with Crippen molar-refractivity contribution in [3.05, 3.63) is 188 Å². The number of rotatable bonds is 3. The van der Waals surface area contributed by atoms with Crippen molar-refractivity contribution < 1.29 is 0 Å². The highest BCUT2D eigenvalue weighted by Crippen LogP contribution is 2.52. The zero-order chi connectivity index (χ0) is 42.1. The first kappa shape index (κ1) is 35.1. The van der Waals surface area contributed by atoms with Crippen molar-refractivity contribution in [1.82, 2.24) is 13.7 Å². The number of thiophene rings is 4. The molecular formula is C58H31N3S4. The van der Waals surface area contributed by atoms with E-state index in [9.17, 15) is 0 Å². The van der Waals surface area contributed by atoms with E-state index in [1.807, 2.05) is 45.3 Å². The van der Waals surface area contributed by atoms with Crippen molar-refractivity contribution >= 4 is 170 Å². The second kappa shape index (κ2) is 12.7. The highest BCUT2D eigenvalue weighted by molar-refractivity contribution is 7.34. The zero-order valence-corrected chi connectivity index (χ0v) is 37.6. The first-order chi connectivity index (χ1) is 32.2. The van der Waals surface area contributed by atoms with E-state index < -0.39 is 0 Å². The summed E-state index contributed by atoms with van der Waals surface area (Å²) in [4.78, 5) is 0. The largest absolute Gasteiger partial charge is 0.309 e. The second-order valence-corrected chi connectivity index (χ2v) is 21.4. The fourth-order valence-electron chi connectivity index (χ4n) is 11.1. The van der Waals surface area contributed by atoms with E-state index in [1.54, 1.807) is 0 Å². The third kappa shape index (κ3) is 4.58. The lowest BCUT2D eigenvalue weighted by atomic mass is 10.0. The minimum atomic E-state index is 1.15. The molecule has 0 aliphatic rings. The number of fused-ring (bicyclic) bond motifs is 20. The van der Waals surface area contributed by atoms with Gasteiger partial charge in [-0.05, 0) is 70.8 Å². The van der Waals surface area contributed by atoms with Gasteiger partial charge in [-0.25, -0.2) is 0 Å². The highest BCUT2D eigenvalue weighted by Gasteiger charge is 2.27. The van der Waals surface area contributed by atoms with E-state index in [0.717, 1.165) is 5.69 Å². The lowest BCUT2D eigenvalue weighted by Gasteiger charge is -2.15. The van der Waals surface area contributed by atoms with Crippen LogP contribution in [0, 0.1) is 0 Å². The summed E-state index contributed by atoms with van der Waals surface area (Å²) in [5, 5.41) is 12.7. The van der Waals surface area contributed by atoms with E-state index in [4.69, 9.17) is 0 Å². The number of hydrogen-bond donors (Lipinski definition) is 0. The lowest BCUT2D eigenvalue weighted by Crippen LogP contribution is -1.99. The molecule has 0 amide bonds. The molecule has 0 saturated heterocycles. The van der Waals surface area contributed by atoms with E-state index in [-0.39, 0.29) is 0 Å². The van der Waals surface area contributed by atoms with Gasteiger partial charge in [0.1, 0.15) is 0 Å². The molecule has 0 aliphatic heterocycles. The Hall–Kier alpha value is -7.26. The molecule has 9 aromatic carbocycles. The topological polar surface area (TPSA) is 14.8 Å². The molecule has 0 saturated carbocycles. The number of aromatic nitrogens is 3. The molecule has 0 atom stereocenters. The van der Waals surface area contributed by atoms with Crippen LogP contribution in [-0.4, -0.2) is 13.7 Å². The maximum absolute atomic E-state index is 2.62. The monoisotopic (exact) mass is 897 g/mol. The minimum absolute atomic E-state index is 1.15. The Labute approximate surface area is 386 Å². The molecule has 0 N–H and O–H groups in total. The van der Waals surface area contributed by atoms with Crippen molar-refractivity contribution in [2.24, 2.45) is 0 Å². The van der Waals surface area contributed by atoms with Gasteiger partial charge in [-0.2, -0.15) is 0 Å². The van der Waals surface area contributed by atoms with Crippen molar-refractivity contribution in [3.63, 3.8) is 0 Å². The summed E-state index contributed by atoms with van der Waals surface area (Å²) in [5.74, 6) is 0. The van der Waals surface area contributed by atoms with Gasteiger partial charge in [-0.15, -0.1) is 45.3 Å². The third-order valence-electron chi connectivity index (χ3n) is 13.8. The fraction of sp³-hybridized carbons (Fsp3) is 0. The molecule has 0 unspecified atom stereocenters. The molecule has 16 rings (SSSR count). The van der Waals surface area contributed by atoms with Crippen LogP contribution in [0.25, 0.3) is 142 Å². The summed E-state index contributed by atoms with van der Waals surface area (Å²) >= 11 is 7.69. The minimum Gasteiger partial charge on any atom is -0.309 e. The Morgan fingerprint density at radius 1 is 0.277 bits per heavy atom. The van der Waals surface area contributed by atoms with E-state index >= 15 is 0 Å². The summed E-state index contributed by atoms with van der Waals surface area (Å²) < 4.78 is 18.5. The van der Waals surface area contributed by atoms with E-state index in [1.165, 1.54) is 136 Å². The summed E-state index contributed by atoms with van der Waals surface area (Å²) in [6, 6.07) is 70.4. The van der Waals surface area contributed by atoms with Crippen LogP contribution in [0.15, 0.2) is 188 Å². The Bertz CT molecular complexity index is 4560. The van der Waals surface area contributed by atoms with Gasteiger partial charge in [0.15, 0.2) is 0 Å². The summed E-state index contributed by atoms with van der Waals surface area (Å²) in [6.07, 6.45) is 0. The average Bonchev–Trinajstić information content (AvgIpc) is 4.22. The first-order valence-electron chi connectivity index (χ1n) is 21.9. The van der Waals surface area contributed by atoms with Gasteiger partial charge in [-0.3, -0.25) is 0 Å². The van der Waals surface area contributed by atoms with Crippen LogP contribution < -0.4 is 0 Å². The Kier molecular flexibility index (Phi) is 6.87. The van der Waals surface area contributed by atoms with Crippen LogP contribution in [-0.2, 0) is 0 Å². The summed E-state index contributed by atoms with van der Waals surface area (Å²) in [6.45, 7) is 0. The van der Waals surface area contributed by atoms with Gasteiger partial charge in [0, 0.05) is 67.9 Å². The predicted octanol–water partition coefficient (Wildman–Crippen LogP) is 18.1. The smallest absolute Gasteiger partial charge is 0.0736 e. The number of nitrogens with zero attached hydrogens (tertiary/aromatic N) is 3. The molecule has 7 heteroatoms. The fourth-order valence-corrected chi connectivity index (χ4v) is 16.1. The predicted molar refractivity (Wildman–Crippen MR) is 286 cm³/mol. The quantitative estimate of drug-likeness (QED) is 0.168. The molecule has 0 fully saturated rings. The summed E-state index contributed by atoms with van der Waals surface area (Å²) in [5.41, 5.74) is 11.1. The van der Waals surface area contributed by atoms with Gasteiger partial charge in [-0.1, -0.05) is 133 Å². The number of benzene rings is 9. The first-order valence-corrected chi connectivity index (χ1v) is 25.2. The molecule has 0 aliphatic carbocycles. The van der Waals surface area contributed by atoms with Crippen molar-refractivity contribution in [3.8, 4) is 17.1 Å². The zero-order valence-electron chi connectivity index (χ0n) is 34.4. The molecule has 65 heavy (non-hydrogen) atoms. The van der Waals surface area contributed by atoms with Crippen LogP contribution in [0.4, 0.5) is 0 Å². The van der Waals surface area contributed by atoms with Gasteiger partial charge < -0.3 is 13.7 Å². The second-order valence-electron chi connectivity index (χ2n) is 17.2. The maximum atomic E-state index is 2.62. The molecule has 0 radical (unpaired) electrons.